The van der Waals surface area contributed by atoms with Crippen molar-refractivity contribution in [3.63, 3.8) is 0 Å². The summed E-state index contributed by atoms with van der Waals surface area (Å²) in [5, 5.41) is 3.11. The van der Waals surface area contributed by atoms with Gasteiger partial charge in [0.1, 0.15) is 0 Å². The minimum absolute atomic E-state index is 0.921. The van der Waals surface area contributed by atoms with Gasteiger partial charge in [-0.3, -0.25) is 5.43 Å². The molecule has 1 aromatic rings. The summed E-state index contributed by atoms with van der Waals surface area (Å²) >= 11 is 1.57. The number of nitrogens with one attached hydrogen (secondary N) is 3. The molecular formula is C11H20N4S. The zero-order valence-electron chi connectivity index (χ0n) is 9.79. The Balaban J connectivity index is 0.000000673. The number of hydrazine groups is 1. The van der Waals surface area contributed by atoms with E-state index in [4.69, 9.17) is 0 Å². The highest BCUT2D eigenvalue weighted by atomic mass is 32.2. The van der Waals surface area contributed by atoms with Gasteiger partial charge in [0.25, 0.3) is 0 Å². The molecule has 1 aromatic carbocycles. The number of hydrogen-bond donors (Lipinski definition) is 4. The highest BCUT2D eigenvalue weighted by Crippen LogP contribution is 2.14. The van der Waals surface area contributed by atoms with Gasteiger partial charge in [-0.05, 0) is 49.9 Å². The maximum absolute atomic E-state index is 4.61. The van der Waals surface area contributed by atoms with Gasteiger partial charge in [-0.2, -0.15) is 4.83 Å². The Labute approximate surface area is 102 Å². The van der Waals surface area contributed by atoms with Crippen molar-refractivity contribution in [2.45, 2.75) is 11.4 Å². The molecule has 5 N–H and O–H groups in total. The molecule has 0 aromatic heterocycles. The first-order valence-corrected chi connectivity index (χ1v) is 5.74. The number of benzene rings is 1. The van der Waals surface area contributed by atoms with Crippen molar-refractivity contribution in [3.8, 4) is 0 Å². The Morgan fingerprint density at radius 3 is 2.31 bits per heavy atom. The fourth-order valence-electron chi connectivity index (χ4n) is 0.989. The van der Waals surface area contributed by atoms with E-state index in [1.54, 1.807) is 11.9 Å². The van der Waals surface area contributed by atoms with Crippen molar-refractivity contribution in [3.05, 3.63) is 42.6 Å². The topological polar surface area (TPSA) is 62.1 Å². The second-order valence-corrected chi connectivity index (χ2v) is 3.74. The van der Waals surface area contributed by atoms with Crippen LogP contribution in [0.5, 0.6) is 0 Å². The maximum atomic E-state index is 4.61. The van der Waals surface area contributed by atoms with Gasteiger partial charge < -0.3 is 11.1 Å². The third kappa shape index (κ3) is 7.30. The highest BCUT2D eigenvalue weighted by Gasteiger charge is 1.93. The molecule has 0 amide bonds. The van der Waals surface area contributed by atoms with Crippen molar-refractivity contribution in [1.29, 1.82) is 0 Å². The molecule has 0 fully saturated rings. The second kappa shape index (κ2) is 10.5. The Hall–Kier alpha value is -1.01. The molecule has 0 unspecified atom stereocenters. The lowest BCUT2D eigenvalue weighted by molar-refractivity contribution is 0.813. The summed E-state index contributed by atoms with van der Waals surface area (Å²) in [5.41, 5.74) is 8.77. The lowest BCUT2D eigenvalue weighted by Gasteiger charge is -2.03. The minimum atomic E-state index is 0.921. The summed E-state index contributed by atoms with van der Waals surface area (Å²) < 4.78 is 0. The standard InChI is InChI=1S/C9H15N3S.C2H5N/c1-10-7-8-3-5-9(6-4-8)13-12-11-2;1-2-3/h3-6,10-12H,7H2,1-2H3;2H,1,3H2. The molecule has 0 atom stereocenters. The lowest BCUT2D eigenvalue weighted by Crippen LogP contribution is -2.19. The fourth-order valence-corrected chi connectivity index (χ4v) is 1.48. The number of nitrogens with two attached hydrogens (primary N) is 1. The first kappa shape index (κ1) is 15.0. The summed E-state index contributed by atoms with van der Waals surface area (Å²) in [7, 11) is 3.80. The average molecular weight is 240 g/mol. The van der Waals surface area contributed by atoms with Gasteiger partial charge in [-0.15, -0.1) is 0 Å². The van der Waals surface area contributed by atoms with E-state index in [0.717, 1.165) is 6.54 Å². The zero-order chi connectivity index (χ0) is 12.2. The first-order chi connectivity index (χ1) is 7.78. The van der Waals surface area contributed by atoms with Gasteiger partial charge in [0, 0.05) is 11.4 Å². The third-order valence-electron chi connectivity index (χ3n) is 1.58. The predicted molar refractivity (Wildman–Crippen MR) is 71.6 cm³/mol. The Kier molecular flexibility index (Phi) is 9.84. The van der Waals surface area contributed by atoms with Crippen LogP contribution >= 0.6 is 11.9 Å². The van der Waals surface area contributed by atoms with Gasteiger partial charge in [0.05, 0.1) is 0 Å². The Morgan fingerprint density at radius 2 is 1.88 bits per heavy atom. The molecule has 0 saturated carbocycles. The molecule has 1 rings (SSSR count). The van der Waals surface area contributed by atoms with Crippen LogP contribution < -0.4 is 21.3 Å². The largest absolute Gasteiger partial charge is 0.405 e. The smallest absolute Gasteiger partial charge is 0.0240 e. The summed E-state index contributed by atoms with van der Waals surface area (Å²) in [6, 6.07) is 8.44. The molecule has 0 saturated heterocycles. The maximum Gasteiger partial charge on any atom is 0.0240 e. The summed E-state index contributed by atoms with van der Waals surface area (Å²) in [6.07, 6.45) is 1.25. The van der Waals surface area contributed by atoms with Crippen LogP contribution in [0.3, 0.4) is 0 Å². The average Bonchev–Trinajstić information content (AvgIpc) is 2.30. The first-order valence-electron chi connectivity index (χ1n) is 4.93. The van der Waals surface area contributed by atoms with Crippen LogP contribution in [-0.4, -0.2) is 14.1 Å². The van der Waals surface area contributed by atoms with Crippen LogP contribution in [0.2, 0.25) is 0 Å². The summed E-state index contributed by atoms with van der Waals surface area (Å²) in [4.78, 5) is 4.17. The quantitative estimate of drug-likeness (QED) is 0.460. The van der Waals surface area contributed by atoms with Crippen molar-refractivity contribution >= 4 is 11.9 Å². The van der Waals surface area contributed by atoms with E-state index in [1.165, 1.54) is 16.7 Å². The molecule has 0 heterocycles. The van der Waals surface area contributed by atoms with E-state index in [-0.39, 0.29) is 0 Å². The lowest BCUT2D eigenvalue weighted by atomic mass is 10.2. The monoisotopic (exact) mass is 240 g/mol. The van der Waals surface area contributed by atoms with E-state index < -0.39 is 0 Å². The highest BCUT2D eigenvalue weighted by molar-refractivity contribution is 7.97. The van der Waals surface area contributed by atoms with Crippen molar-refractivity contribution in [1.82, 2.24) is 15.6 Å². The molecule has 0 aliphatic rings. The van der Waals surface area contributed by atoms with Crippen LogP contribution in [-0.2, 0) is 6.54 Å². The summed E-state index contributed by atoms with van der Waals surface area (Å²) in [6.45, 7) is 4.06. The minimum Gasteiger partial charge on any atom is -0.405 e. The van der Waals surface area contributed by atoms with Crippen LogP contribution in [0.15, 0.2) is 41.9 Å². The molecule has 0 aliphatic carbocycles. The Bertz CT molecular complexity index is 274. The Morgan fingerprint density at radius 1 is 1.31 bits per heavy atom. The van der Waals surface area contributed by atoms with Crippen molar-refractivity contribution in [2.75, 3.05) is 14.1 Å². The molecule has 5 heteroatoms. The van der Waals surface area contributed by atoms with Gasteiger partial charge in [0.2, 0.25) is 0 Å². The van der Waals surface area contributed by atoms with Gasteiger partial charge in [-0.1, -0.05) is 18.7 Å². The zero-order valence-corrected chi connectivity index (χ0v) is 10.6. The molecule has 16 heavy (non-hydrogen) atoms. The fraction of sp³-hybridized carbons (Fsp3) is 0.273. The number of hydrogen-bond acceptors (Lipinski definition) is 5. The molecule has 0 radical (unpaired) electrons. The van der Waals surface area contributed by atoms with Gasteiger partial charge in [-0.25, -0.2) is 0 Å². The SMILES string of the molecule is C=CN.CNCc1ccc(SNNC)cc1. The normalized spacial score (nSPS) is 9.12. The summed E-state index contributed by atoms with van der Waals surface area (Å²) in [5.74, 6) is 0. The van der Waals surface area contributed by atoms with E-state index >= 15 is 0 Å². The molecular weight excluding hydrogens is 220 g/mol. The van der Waals surface area contributed by atoms with E-state index in [0.29, 0.717) is 0 Å². The van der Waals surface area contributed by atoms with Crippen LogP contribution in [0.1, 0.15) is 5.56 Å². The van der Waals surface area contributed by atoms with Gasteiger partial charge >= 0.3 is 0 Å². The van der Waals surface area contributed by atoms with Crippen molar-refractivity contribution < 1.29 is 0 Å². The van der Waals surface area contributed by atoms with E-state index in [9.17, 15) is 0 Å². The second-order valence-electron chi connectivity index (χ2n) is 2.86. The van der Waals surface area contributed by atoms with Gasteiger partial charge in [0.15, 0.2) is 0 Å². The molecule has 0 aliphatic heterocycles. The number of rotatable bonds is 5. The molecule has 90 valence electrons. The van der Waals surface area contributed by atoms with E-state index in [2.05, 4.69) is 52.2 Å². The van der Waals surface area contributed by atoms with Crippen LogP contribution in [0, 0.1) is 0 Å². The molecule has 0 spiro atoms. The van der Waals surface area contributed by atoms with Crippen molar-refractivity contribution in [2.24, 2.45) is 5.73 Å². The molecule has 4 nitrogen and oxygen atoms in total. The van der Waals surface area contributed by atoms with E-state index in [1.807, 2.05) is 14.1 Å². The third-order valence-corrected chi connectivity index (χ3v) is 2.39. The van der Waals surface area contributed by atoms with Crippen LogP contribution in [0.4, 0.5) is 0 Å². The van der Waals surface area contributed by atoms with Crippen LogP contribution in [0.25, 0.3) is 0 Å². The predicted octanol–water partition coefficient (Wildman–Crippen LogP) is 1.23. The molecule has 0 bridgehead atoms.